The van der Waals surface area contributed by atoms with E-state index in [0.29, 0.717) is 17.3 Å². The molecule has 0 saturated heterocycles. The van der Waals surface area contributed by atoms with Crippen LogP contribution in [-0.4, -0.2) is 35.3 Å². The molecule has 2 aromatic carbocycles. The Morgan fingerprint density at radius 3 is 2.35 bits per heavy atom. The Morgan fingerprint density at radius 2 is 1.70 bits per heavy atom. The predicted octanol–water partition coefficient (Wildman–Crippen LogP) is 5.84. The van der Waals surface area contributed by atoms with Gasteiger partial charge in [-0.05, 0) is 61.1 Å². The second-order valence-electron chi connectivity index (χ2n) is 10.1. The largest absolute Gasteiger partial charge is 0.383 e. The van der Waals surface area contributed by atoms with Gasteiger partial charge in [0.2, 0.25) is 0 Å². The lowest BCUT2D eigenvalue weighted by molar-refractivity contribution is 0.559. The molecule has 8 heteroatoms. The number of nitrogen functional groups attached to an aromatic ring is 1. The molecule has 1 saturated carbocycles. The Kier molecular flexibility index (Phi) is 6.77. The van der Waals surface area contributed by atoms with E-state index < -0.39 is 9.84 Å². The van der Waals surface area contributed by atoms with Gasteiger partial charge in [-0.3, -0.25) is 0 Å². The van der Waals surface area contributed by atoms with Gasteiger partial charge in [0.25, 0.3) is 0 Å². The summed E-state index contributed by atoms with van der Waals surface area (Å²) in [6, 6.07) is 15.4. The number of hydrogen-bond donors (Lipinski definition) is 2. The van der Waals surface area contributed by atoms with Crippen molar-refractivity contribution in [2.45, 2.75) is 37.5 Å². The molecule has 37 heavy (non-hydrogen) atoms. The summed E-state index contributed by atoms with van der Waals surface area (Å²) in [7, 11) is -1.37. The molecule has 4 aromatic rings. The Morgan fingerprint density at radius 1 is 1.05 bits per heavy atom. The first-order chi connectivity index (χ1) is 17.7. The maximum atomic E-state index is 13.1. The summed E-state index contributed by atoms with van der Waals surface area (Å²) in [5, 5.41) is 4.12. The van der Waals surface area contributed by atoms with Crippen LogP contribution in [0.3, 0.4) is 0 Å². The maximum Gasteiger partial charge on any atom is 0.178 e. The summed E-state index contributed by atoms with van der Waals surface area (Å²) >= 11 is 0. The van der Waals surface area contributed by atoms with E-state index in [4.69, 9.17) is 5.73 Å². The molecule has 0 atom stereocenters. The van der Waals surface area contributed by atoms with Crippen LogP contribution < -0.4 is 11.1 Å². The standard InChI is InChI=1S/C29H33N5O2S/c1-19(2)16-31-23-12-8-22(9-13-23)27-25(26-28(30)32-18-33-29(26)34(27)3)21-10-14-24(15-11-21)37(35,36)17-20-6-4-5-7-20/h8-15,18,20,31H,1,4-7,16-17H2,2-3H3,(H2,30,32,33). The number of aryl methyl sites for hydroxylation is 1. The Hall–Kier alpha value is -3.65. The third-order valence-corrected chi connectivity index (χ3v) is 9.08. The lowest BCUT2D eigenvalue weighted by Crippen LogP contribution is -2.14. The average Bonchev–Trinajstić information content (AvgIpc) is 3.49. The Balaban J connectivity index is 1.57. The molecule has 0 radical (unpaired) electrons. The highest BCUT2D eigenvalue weighted by Crippen LogP contribution is 2.42. The van der Waals surface area contributed by atoms with E-state index in [-0.39, 0.29) is 11.7 Å². The minimum atomic E-state index is -3.33. The van der Waals surface area contributed by atoms with Crippen LogP contribution in [0.4, 0.5) is 11.5 Å². The fraction of sp³-hybridized carbons (Fsp3) is 0.310. The van der Waals surface area contributed by atoms with Crippen LogP contribution in [0.15, 0.2) is 71.9 Å². The summed E-state index contributed by atoms with van der Waals surface area (Å²) in [4.78, 5) is 9.12. The van der Waals surface area contributed by atoms with Gasteiger partial charge < -0.3 is 15.6 Å². The molecule has 1 aliphatic carbocycles. The van der Waals surface area contributed by atoms with Gasteiger partial charge in [0.1, 0.15) is 17.8 Å². The van der Waals surface area contributed by atoms with E-state index in [1.165, 1.54) is 6.33 Å². The van der Waals surface area contributed by atoms with Gasteiger partial charge in [0, 0.05) is 24.8 Å². The van der Waals surface area contributed by atoms with Gasteiger partial charge in [-0.2, -0.15) is 0 Å². The van der Waals surface area contributed by atoms with Crippen LogP contribution in [0.5, 0.6) is 0 Å². The number of nitrogens with two attached hydrogens (primary N) is 1. The van der Waals surface area contributed by atoms with Crippen LogP contribution in [0.25, 0.3) is 33.4 Å². The SMILES string of the molecule is C=C(C)CNc1ccc(-c2c(-c3ccc(S(=O)(=O)CC4CCCC4)cc3)c3c(N)ncnc3n2C)cc1. The molecule has 5 rings (SSSR count). The molecule has 2 heterocycles. The Bertz CT molecular complexity index is 1550. The predicted molar refractivity (Wildman–Crippen MR) is 151 cm³/mol. The first-order valence-corrected chi connectivity index (χ1v) is 14.3. The first kappa shape index (κ1) is 25.0. The number of rotatable bonds is 8. The van der Waals surface area contributed by atoms with Crippen LogP contribution >= 0.6 is 0 Å². The summed E-state index contributed by atoms with van der Waals surface area (Å²) in [5.41, 5.74) is 12.8. The fourth-order valence-electron chi connectivity index (χ4n) is 5.31. The van der Waals surface area contributed by atoms with Gasteiger partial charge >= 0.3 is 0 Å². The fourth-order valence-corrected chi connectivity index (χ4v) is 7.00. The van der Waals surface area contributed by atoms with Gasteiger partial charge in [-0.25, -0.2) is 18.4 Å². The zero-order valence-corrected chi connectivity index (χ0v) is 22.2. The lowest BCUT2D eigenvalue weighted by atomic mass is 9.98. The van der Waals surface area contributed by atoms with Crippen molar-refractivity contribution in [3.8, 4) is 22.4 Å². The molecule has 3 N–H and O–H groups in total. The number of hydrogen-bond acceptors (Lipinski definition) is 6. The quantitative estimate of drug-likeness (QED) is 0.286. The van der Waals surface area contributed by atoms with Gasteiger partial charge in [-0.1, -0.05) is 49.3 Å². The van der Waals surface area contributed by atoms with Crippen LogP contribution in [-0.2, 0) is 16.9 Å². The highest BCUT2D eigenvalue weighted by Gasteiger charge is 2.25. The molecule has 0 spiro atoms. The van der Waals surface area contributed by atoms with E-state index in [1.807, 2.05) is 42.8 Å². The molecule has 0 aliphatic heterocycles. The third kappa shape index (κ3) is 4.98. The number of nitrogens with one attached hydrogen (secondary N) is 1. The van der Waals surface area contributed by atoms with Crippen molar-refractivity contribution in [3.05, 3.63) is 67.0 Å². The van der Waals surface area contributed by atoms with Crippen molar-refractivity contribution in [2.24, 2.45) is 13.0 Å². The van der Waals surface area contributed by atoms with Crippen LogP contribution in [0.2, 0.25) is 0 Å². The Labute approximate surface area is 218 Å². The third-order valence-electron chi connectivity index (χ3n) is 7.18. The summed E-state index contributed by atoms with van der Waals surface area (Å²) in [5.74, 6) is 0.872. The number of benzene rings is 2. The van der Waals surface area contributed by atoms with E-state index in [9.17, 15) is 8.42 Å². The maximum absolute atomic E-state index is 13.1. The topological polar surface area (TPSA) is 103 Å². The molecule has 0 bridgehead atoms. The van der Waals surface area contributed by atoms with Gasteiger partial charge in [0.15, 0.2) is 9.84 Å². The number of sulfone groups is 1. The average molecular weight is 516 g/mol. The highest BCUT2D eigenvalue weighted by atomic mass is 32.2. The van der Waals surface area contributed by atoms with Crippen LogP contribution in [0.1, 0.15) is 32.6 Å². The van der Waals surface area contributed by atoms with Crippen molar-refractivity contribution in [1.82, 2.24) is 14.5 Å². The number of aromatic nitrogens is 3. The molecule has 0 unspecified atom stereocenters. The summed E-state index contributed by atoms with van der Waals surface area (Å²) < 4.78 is 28.2. The molecule has 2 aromatic heterocycles. The molecule has 7 nitrogen and oxygen atoms in total. The molecule has 192 valence electrons. The van der Waals surface area contributed by atoms with Crippen molar-refractivity contribution >= 4 is 32.4 Å². The zero-order chi connectivity index (χ0) is 26.2. The minimum absolute atomic E-state index is 0.221. The summed E-state index contributed by atoms with van der Waals surface area (Å²) in [6.07, 6.45) is 5.71. The van der Waals surface area contributed by atoms with E-state index in [1.54, 1.807) is 12.1 Å². The van der Waals surface area contributed by atoms with Crippen molar-refractivity contribution in [1.29, 1.82) is 0 Å². The molecular weight excluding hydrogens is 482 g/mol. The van der Waals surface area contributed by atoms with Gasteiger partial charge in [0.05, 0.1) is 21.7 Å². The first-order valence-electron chi connectivity index (χ1n) is 12.7. The molecule has 1 fully saturated rings. The molecule has 0 amide bonds. The van der Waals surface area contributed by atoms with Gasteiger partial charge in [-0.15, -0.1) is 0 Å². The van der Waals surface area contributed by atoms with Crippen molar-refractivity contribution < 1.29 is 8.42 Å². The number of anilines is 2. The van der Waals surface area contributed by atoms with Crippen LogP contribution in [0, 0.1) is 5.92 Å². The monoisotopic (exact) mass is 515 g/mol. The van der Waals surface area contributed by atoms with Crippen molar-refractivity contribution in [2.75, 3.05) is 23.3 Å². The minimum Gasteiger partial charge on any atom is -0.383 e. The normalized spacial score (nSPS) is 14.3. The number of nitrogens with zero attached hydrogens (tertiary/aromatic N) is 3. The zero-order valence-electron chi connectivity index (χ0n) is 21.4. The summed E-state index contributed by atoms with van der Waals surface area (Å²) in [6.45, 7) is 6.64. The smallest absolute Gasteiger partial charge is 0.178 e. The highest BCUT2D eigenvalue weighted by molar-refractivity contribution is 7.91. The lowest BCUT2D eigenvalue weighted by Gasteiger charge is -2.12. The number of fused-ring (bicyclic) bond motifs is 1. The van der Waals surface area contributed by atoms with E-state index >= 15 is 0 Å². The van der Waals surface area contributed by atoms with E-state index in [2.05, 4.69) is 34.0 Å². The molecular formula is C29H33N5O2S. The van der Waals surface area contributed by atoms with Crippen molar-refractivity contribution in [3.63, 3.8) is 0 Å². The second kappa shape index (κ2) is 10.0. The molecule has 1 aliphatic rings. The second-order valence-corrected chi connectivity index (χ2v) is 12.1. The van der Waals surface area contributed by atoms with E-state index in [0.717, 1.165) is 70.4 Å².